The van der Waals surface area contributed by atoms with Crippen LogP contribution in [0.25, 0.3) is 0 Å². The quantitative estimate of drug-likeness (QED) is 0.761. The standard InChI is InChI=1S/C15H20N2O5S/c1-4-21-15(20)10-9(6-22-14(19)8-5-7(8)2)11(13(18)17-3)23-12(10)16/h7-8H,4-6,16H2,1-3H3,(H,17,18)/t7-,8-/m1/s1. The van der Waals surface area contributed by atoms with Gasteiger partial charge in [-0.3, -0.25) is 9.59 Å². The maximum absolute atomic E-state index is 12.1. The predicted molar refractivity (Wildman–Crippen MR) is 85.1 cm³/mol. The molecule has 3 N–H and O–H groups in total. The number of hydrogen-bond acceptors (Lipinski definition) is 7. The van der Waals surface area contributed by atoms with Gasteiger partial charge in [-0.1, -0.05) is 6.92 Å². The van der Waals surface area contributed by atoms with Gasteiger partial charge in [0.15, 0.2) is 0 Å². The molecule has 7 nitrogen and oxygen atoms in total. The third-order valence-corrected chi connectivity index (χ3v) is 4.78. The summed E-state index contributed by atoms with van der Waals surface area (Å²) in [6.07, 6.45) is 0.803. The van der Waals surface area contributed by atoms with Gasteiger partial charge in [-0.05, 0) is 19.3 Å². The first-order chi connectivity index (χ1) is 10.9. The van der Waals surface area contributed by atoms with E-state index in [1.54, 1.807) is 6.92 Å². The predicted octanol–water partition coefficient (Wildman–Crippen LogP) is 1.57. The van der Waals surface area contributed by atoms with Crippen LogP contribution in [0, 0.1) is 11.8 Å². The zero-order valence-corrected chi connectivity index (χ0v) is 14.1. The van der Waals surface area contributed by atoms with E-state index in [-0.39, 0.29) is 46.4 Å². The number of nitrogens with two attached hydrogens (primary N) is 1. The van der Waals surface area contributed by atoms with E-state index in [4.69, 9.17) is 15.2 Å². The summed E-state index contributed by atoms with van der Waals surface area (Å²) in [5.41, 5.74) is 6.27. The van der Waals surface area contributed by atoms with Crippen LogP contribution in [0.3, 0.4) is 0 Å². The smallest absolute Gasteiger partial charge is 0.341 e. The molecule has 0 saturated heterocycles. The topological polar surface area (TPSA) is 108 Å². The number of thiophene rings is 1. The van der Waals surface area contributed by atoms with Crippen molar-refractivity contribution in [2.75, 3.05) is 19.4 Å². The molecule has 0 aliphatic heterocycles. The second kappa shape index (κ2) is 6.99. The highest BCUT2D eigenvalue weighted by molar-refractivity contribution is 7.18. The summed E-state index contributed by atoms with van der Waals surface area (Å²) in [5.74, 6) is -1.11. The first kappa shape index (κ1) is 17.3. The van der Waals surface area contributed by atoms with E-state index < -0.39 is 5.97 Å². The molecule has 1 fully saturated rings. The Morgan fingerprint density at radius 2 is 2.00 bits per heavy atom. The van der Waals surface area contributed by atoms with Crippen LogP contribution < -0.4 is 11.1 Å². The number of carbonyl (C=O) groups is 3. The minimum absolute atomic E-state index is 0.0968. The molecular formula is C15H20N2O5S. The van der Waals surface area contributed by atoms with Crippen LogP contribution in [0.15, 0.2) is 0 Å². The number of amides is 1. The number of nitrogens with one attached hydrogen (secondary N) is 1. The van der Waals surface area contributed by atoms with Gasteiger partial charge in [0.2, 0.25) is 0 Å². The number of carbonyl (C=O) groups excluding carboxylic acids is 3. The largest absolute Gasteiger partial charge is 0.462 e. The molecule has 0 radical (unpaired) electrons. The molecule has 1 aromatic heterocycles. The van der Waals surface area contributed by atoms with Crippen LogP contribution in [0.2, 0.25) is 0 Å². The molecule has 1 aromatic rings. The summed E-state index contributed by atoms with van der Waals surface area (Å²) in [7, 11) is 1.48. The van der Waals surface area contributed by atoms with Crippen molar-refractivity contribution < 1.29 is 23.9 Å². The SMILES string of the molecule is CCOC(=O)c1c(N)sc(C(=O)NC)c1COC(=O)[C@@H]1C[C@H]1C. The Hall–Kier alpha value is -2.09. The van der Waals surface area contributed by atoms with Crippen molar-refractivity contribution in [2.24, 2.45) is 11.8 Å². The molecule has 0 bridgehead atoms. The number of esters is 2. The van der Waals surface area contributed by atoms with Crippen molar-refractivity contribution in [3.8, 4) is 0 Å². The zero-order chi connectivity index (χ0) is 17.1. The average molecular weight is 340 g/mol. The number of rotatable bonds is 6. The first-order valence-electron chi connectivity index (χ1n) is 7.37. The van der Waals surface area contributed by atoms with E-state index >= 15 is 0 Å². The molecule has 1 aliphatic rings. The molecule has 2 atom stereocenters. The lowest BCUT2D eigenvalue weighted by molar-refractivity contribution is -0.146. The molecule has 126 valence electrons. The maximum Gasteiger partial charge on any atom is 0.341 e. The minimum Gasteiger partial charge on any atom is -0.462 e. The fourth-order valence-electron chi connectivity index (χ4n) is 2.25. The lowest BCUT2D eigenvalue weighted by Gasteiger charge is -2.08. The fourth-order valence-corrected chi connectivity index (χ4v) is 3.25. The number of anilines is 1. The summed E-state index contributed by atoms with van der Waals surface area (Å²) in [6.45, 7) is 3.65. The summed E-state index contributed by atoms with van der Waals surface area (Å²) in [4.78, 5) is 36.2. The molecule has 2 rings (SSSR count). The number of hydrogen-bond donors (Lipinski definition) is 2. The summed E-state index contributed by atoms with van der Waals surface area (Å²) in [5, 5.41) is 2.66. The third kappa shape index (κ3) is 3.64. The Morgan fingerprint density at radius 1 is 1.35 bits per heavy atom. The molecule has 1 amide bonds. The van der Waals surface area contributed by atoms with Crippen molar-refractivity contribution in [2.45, 2.75) is 26.9 Å². The van der Waals surface area contributed by atoms with Gasteiger partial charge in [0.05, 0.1) is 12.5 Å². The second-order valence-corrected chi connectivity index (χ2v) is 6.43. The van der Waals surface area contributed by atoms with E-state index in [0.717, 1.165) is 17.8 Å². The fraction of sp³-hybridized carbons (Fsp3) is 0.533. The molecule has 0 unspecified atom stereocenters. The Bertz CT molecular complexity index is 640. The molecule has 8 heteroatoms. The summed E-state index contributed by atoms with van der Waals surface area (Å²) < 4.78 is 10.2. The van der Waals surface area contributed by atoms with Gasteiger partial charge in [-0.2, -0.15) is 0 Å². The van der Waals surface area contributed by atoms with E-state index in [9.17, 15) is 14.4 Å². The molecule has 1 aliphatic carbocycles. The van der Waals surface area contributed by atoms with Gasteiger partial charge in [0.1, 0.15) is 22.0 Å². The first-order valence-corrected chi connectivity index (χ1v) is 8.19. The van der Waals surface area contributed by atoms with Crippen LogP contribution in [0.4, 0.5) is 5.00 Å². The van der Waals surface area contributed by atoms with Crippen LogP contribution in [-0.2, 0) is 20.9 Å². The van der Waals surface area contributed by atoms with Gasteiger partial charge >= 0.3 is 11.9 Å². The highest BCUT2D eigenvalue weighted by Gasteiger charge is 2.41. The molecule has 23 heavy (non-hydrogen) atoms. The van der Waals surface area contributed by atoms with E-state index in [1.165, 1.54) is 7.05 Å². The van der Waals surface area contributed by atoms with Crippen molar-refractivity contribution in [3.63, 3.8) is 0 Å². The van der Waals surface area contributed by atoms with Crippen molar-refractivity contribution >= 4 is 34.2 Å². The Kier molecular flexibility index (Phi) is 5.25. The van der Waals surface area contributed by atoms with Gasteiger partial charge in [0.25, 0.3) is 5.91 Å². The summed E-state index contributed by atoms with van der Waals surface area (Å²) >= 11 is 0.978. The zero-order valence-electron chi connectivity index (χ0n) is 13.3. The van der Waals surface area contributed by atoms with Crippen molar-refractivity contribution in [1.29, 1.82) is 0 Å². The second-order valence-electron chi connectivity index (χ2n) is 5.38. The summed E-state index contributed by atoms with van der Waals surface area (Å²) in [6, 6.07) is 0. The average Bonchev–Trinajstić information content (AvgIpc) is 3.15. The van der Waals surface area contributed by atoms with E-state index in [0.29, 0.717) is 11.5 Å². The molecule has 0 spiro atoms. The maximum atomic E-state index is 12.1. The molecule has 1 heterocycles. The number of nitrogen functional groups attached to an aromatic ring is 1. The lowest BCUT2D eigenvalue weighted by atomic mass is 10.1. The van der Waals surface area contributed by atoms with E-state index in [1.807, 2.05) is 6.92 Å². The van der Waals surface area contributed by atoms with Crippen LogP contribution in [0.5, 0.6) is 0 Å². The van der Waals surface area contributed by atoms with Gasteiger partial charge in [-0.15, -0.1) is 11.3 Å². The number of ether oxygens (including phenoxy) is 2. The molecule has 1 saturated carbocycles. The van der Waals surface area contributed by atoms with Crippen molar-refractivity contribution in [3.05, 3.63) is 16.0 Å². The monoisotopic (exact) mass is 340 g/mol. The Balaban J connectivity index is 2.27. The van der Waals surface area contributed by atoms with Crippen LogP contribution in [0.1, 0.15) is 45.9 Å². The highest BCUT2D eigenvalue weighted by Crippen LogP contribution is 2.39. The van der Waals surface area contributed by atoms with Gasteiger partial charge in [-0.25, -0.2) is 4.79 Å². The molecular weight excluding hydrogens is 320 g/mol. The highest BCUT2D eigenvalue weighted by atomic mass is 32.1. The minimum atomic E-state index is -0.623. The molecule has 0 aromatic carbocycles. The van der Waals surface area contributed by atoms with Crippen molar-refractivity contribution in [1.82, 2.24) is 5.32 Å². The third-order valence-electron chi connectivity index (χ3n) is 3.72. The lowest BCUT2D eigenvalue weighted by Crippen LogP contribution is -2.20. The van der Waals surface area contributed by atoms with Crippen LogP contribution >= 0.6 is 11.3 Å². The van der Waals surface area contributed by atoms with Crippen LogP contribution in [-0.4, -0.2) is 31.5 Å². The van der Waals surface area contributed by atoms with E-state index in [2.05, 4.69) is 5.32 Å². The Morgan fingerprint density at radius 3 is 2.52 bits per heavy atom. The normalized spacial score (nSPS) is 19.1. The van der Waals surface area contributed by atoms with Gasteiger partial charge < -0.3 is 20.5 Å². The Labute approximate surface area is 138 Å². The van der Waals surface area contributed by atoms with Gasteiger partial charge in [0, 0.05) is 12.6 Å².